The van der Waals surface area contributed by atoms with Crippen LogP contribution in [-0.2, 0) is 16.7 Å². The van der Waals surface area contributed by atoms with E-state index in [9.17, 15) is 0 Å². The third-order valence-electron chi connectivity index (χ3n) is 4.49. The van der Waals surface area contributed by atoms with Crippen molar-refractivity contribution in [3.05, 3.63) is 28.4 Å². The predicted octanol–water partition coefficient (Wildman–Crippen LogP) is 1.77. The molecule has 2 saturated heterocycles. The Hall–Kier alpha value is -1.31. The SMILES string of the molecule is Cc1nnc([C@]23CCO[C@H]2CCN(Cc2nccs2)C3)o1. The number of piperidine rings is 1. The average Bonchev–Trinajstić information content (AvgIpc) is 3.18. The van der Waals surface area contributed by atoms with Gasteiger partial charge in [0.1, 0.15) is 5.01 Å². The van der Waals surface area contributed by atoms with Crippen LogP contribution in [-0.4, -0.2) is 45.9 Å². The highest BCUT2D eigenvalue weighted by Crippen LogP contribution is 2.43. The summed E-state index contributed by atoms with van der Waals surface area (Å²) in [5.41, 5.74) is -0.142. The quantitative estimate of drug-likeness (QED) is 0.861. The van der Waals surface area contributed by atoms with Gasteiger partial charge in [0.25, 0.3) is 0 Å². The van der Waals surface area contributed by atoms with Crippen molar-refractivity contribution in [2.24, 2.45) is 0 Å². The number of ether oxygens (including phenoxy) is 1. The second-order valence-electron chi connectivity index (χ2n) is 5.82. The van der Waals surface area contributed by atoms with Crippen LogP contribution < -0.4 is 0 Å². The van der Waals surface area contributed by atoms with Crippen molar-refractivity contribution in [1.82, 2.24) is 20.1 Å². The van der Waals surface area contributed by atoms with E-state index in [0.29, 0.717) is 5.89 Å². The molecule has 21 heavy (non-hydrogen) atoms. The summed E-state index contributed by atoms with van der Waals surface area (Å²) in [7, 11) is 0. The number of nitrogens with zero attached hydrogens (tertiary/aromatic N) is 4. The number of hydrogen-bond donors (Lipinski definition) is 0. The lowest BCUT2D eigenvalue weighted by molar-refractivity contribution is 0.00581. The minimum Gasteiger partial charge on any atom is -0.425 e. The zero-order valence-electron chi connectivity index (χ0n) is 12.0. The van der Waals surface area contributed by atoms with E-state index in [2.05, 4.69) is 20.1 Å². The predicted molar refractivity (Wildman–Crippen MR) is 77.1 cm³/mol. The molecule has 0 aliphatic carbocycles. The molecule has 0 aromatic carbocycles. The molecule has 6 nitrogen and oxygen atoms in total. The van der Waals surface area contributed by atoms with Crippen LogP contribution in [0.4, 0.5) is 0 Å². The molecule has 0 N–H and O–H groups in total. The van der Waals surface area contributed by atoms with Gasteiger partial charge in [0.05, 0.1) is 18.1 Å². The molecule has 2 aliphatic heterocycles. The van der Waals surface area contributed by atoms with Crippen LogP contribution in [0.5, 0.6) is 0 Å². The lowest BCUT2D eigenvalue weighted by Crippen LogP contribution is -2.52. The van der Waals surface area contributed by atoms with Crippen LogP contribution in [0.3, 0.4) is 0 Å². The lowest BCUT2D eigenvalue weighted by atomic mass is 9.76. The summed E-state index contributed by atoms with van der Waals surface area (Å²) >= 11 is 1.71. The molecule has 7 heteroatoms. The van der Waals surface area contributed by atoms with Crippen molar-refractivity contribution in [3.8, 4) is 0 Å². The Bertz CT molecular complexity index is 614. The second-order valence-corrected chi connectivity index (χ2v) is 6.80. The molecular formula is C14H18N4O2S. The molecule has 0 unspecified atom stereocenters. The zero-order valence-corrected chi connectivity index (χ0v) is 12.8. The van der Waals surface area contributed by atoms with E-state index < -0.39 is 0 Å². The average molecular weight is 306 g/mol. The van der Waals surface area contributed by atoms with Gasteiger partial charge >= 0.3 is 0 Å². The molecule has 0 bridgehead atoms. The Labute approximate surface area is 127 Å². The van der Waals surface area contributed by atoms with Crippen LogP contribution in [0, 0.1) is 6.92 Å². The monoisotopic (exact) mass is 306 g/mol. The zero-order chi connectivity index (χ0) is 14.3. The maximum Gasteiger partial charge on any atom is 0.226 e. The van der Waals surface area contributed by atoms with Gasteiger partial charge in [-0.15, -0.1) is 21.5 Å². The van der Waals surface area contributed by atoms with Crippen molar-refractivity contribution in [2.75, 3.05) is 19.7 Å². The molecule has 2 atom stereocenters. The van der Waals surface area contributed by atoms with Gasteiger partial charge in [-0.05, 0) is 12.8 Å². The number of rotatable bonds is 3. The Balaban J connectivity index is 1.60. The molecule has 0 spiro atoms. The molecule has 2 aromatic rings. The van der Waals surface area contributed by atoms with Crippen LogP contribution >= 0.6 is 11.3 Å². The number of aryl methyl sites for hydroxylation is 1. The number of hydrogen-bond acceptors (Lipinski definition) is 7. The maximum absolute atomic E-state index is 5.94. The van der Waals surface area contributed by atoms with E-state index in [-0.39, 0.29) is 11.5 Å². The second kappa shape index (κ2) is 5.15. The van der Waals surface area contributed by atoms with E-state index in [1.807, 2.05) is 18.5 Å². The van der Waals surface area contributed by atoms with Gasteiger partial charge in [-0.3, -0.25) is 4.90 Å². The lowest BCUT2D eigenvalue weighted by Gasteiger charge is -2.41. The fourth-order valence-corrected chi connectivity index (χ4v) is 4.15. The number of thiazole rings is 1. The first kappa shape index (κ1) is 13.4. The number of aromatic nitrogens is 3. The van der Waals surface area contributed by atoms with Gasteiger partial charge in [0, 0.05) is 38.2 Å². The molecule has 112 valence electrons. The van der Waals surface area contributed by atoms with Gasteiger partial charge in [-0.2, -0.15) is 0 Å². The first-order valence-corrected chi connectivity index (χ1v) is 8.17. The third-order valence-corrected chi connectivity index (χ3v) is 5.26. The van der Waals surface area contributed by atoms with Gasteiger partial charge in [-0.25, -0.2) is 4.98 Å². The highest BCUT2D eigenvalue weighted by Gasteiger charge is 2.52. The topological polar surface area (TPSA) is 64.3 Å². The molecule has 2 fully saturated rings. The summed E-state index contributed by atoms with van der Waals surface area (Å²) in [6.07, 6.45) is 4.02. The molecule has 0 saturated carbocycles. The van der Waals surface area contributed by atoms with Crippen molar-refractivity contribution in [1.29, 1.82) is 0 Å². The molecule has 2 aliphatic rings. The van der Waals surface area contributed by atoms with E-state index in [0.717, 1.165) is 50.0 Å². The summed E-state index contributed by atoms with van der Waals surface area (Å²) in [6, 6.07) is 0. The Kier molecular flexibility index (Phi) is 3.28. The summed E-state index contributed by atoms with van der Waals surface area (Å²) < 4.78 is 11.7. The molecule has 2 aromatic heterocycles. The normalized spacial score (nSPS) is 29.7. The third kappa shape index (κ3) is 2.29. The van der Waals surface area contributed by atoms with E-state index in [1.54, 1.807) is 11.3 Å². The highest BCUT2D eigenvalue weighted by atomic mass is 32.1. The van der Waals surface area contributed by atoms with Crippen LogP contribution in [0.25, 0.3) is 0 Å². The largest absolute Gasteiger partial charge is 0.425 e. The first-order chi connectivity index (χ1) is 10.3. The molecule has 4 rings (SSSR count). The summed E-state index contributed by atoms with van der Waals surface area (Å²) in [6.45, 7) is 5.43. The molecule has 0 amide bonds. The fraction of sp³-hybridized carbons (Fsp3) is 0.643. The molecular weight excluding hydrogens is 288 g/mol. The van der Waals surface area contributed by atoms with E-state index >= 15 is 0 Å². The van der Waals surface area contributed by atoms with E-state index in [4.69, 9.17) is 9.15 Å². The van der Waals surface area contributed by atoms with Gasteiger partial charge in [0.2, 0.25) is 11.8 Å². The van der Waals surface area contributed by atoms with Crippen molar-refractivity contribution < 1.29 is 9.15 Å². The van der Waals surface area contributed by atoms with Crippen LogP contribution in [0.2, 0.25) is 0 Å². The Morgan fingerprint density at radius 2 is 2.43 bits per heavy atom. The minimum absolute atomic E-state index is 0.142. The number of likely N-dealkylation sites (tertiary alicyclic amines) is 1. The van der Waals surface area contributed by atoms with Gasteiger partial charge < -0.3 is 9.15 Å². The minimum atomic E-state index is -0.142. The van der Waals surface area contributed by atoms with Crippen LogP contribution in [0.15, 0.2) is 16.0 Å². The standard InChI is InChI=1S/C14H18N4O2S/c1-10-16-17-13(20-10)14-3-6-19-11(14)2-5-18(9-14)8-12-15-4-7-21-12/h4,7,11H,2-3,5-6,8-9H2,1H3/t11-,14-/m0/s1. The molecule has 0 radical (unpaired) electrons. The van der Waals surface area contributed by atoms with Gasteiger partial charge in [-0.1, -0.05) is 0 Å². The Morgan fingerprint density at radius 3 is 3.19 bits per heavy atom. The summed E-state index contributed by atoms with van der Waals surface area (Å²) in [4.78, 5) is 6.82. The molecule has 4 heterocycles. The van der Waals surface area contributed by atoms with Crippen LogP contribution in [0.1, 0.15) is 29.6 Å². The van der Waals surface area contributed by atoms with Crippen molar-refractivity contribution >= 4 is 11.3 Å². The summed E-state index contributed by atoms with van der Waals surface area (Å²) in [5.74, 6) is 1.37. The highest BCUT2D eigenvalue weighted by molar-refractivity contribution is 7.09. The first-order valence-electron chi connectivity index (χ1n) is 7.29. The maximum atomic E-state index is 5.94. The van der Waals surface area contributed by atoms with Crippen molar-refractivity contribution in [2.45, 2.75) is 37.8 Å². The smallest absolute Gasteiger partial charge is 0.226 e. The number of fused-ring (bicyclic) bond motifs is 1. The Morgan fingerprint density at radius 1 is 1.48 bits per heavy atom. The van der Waals surface area contributed by atoms with E-state index in [1.165, 1.54) is 0 Å². The van der Waals surface area contributed by atoms with Gasteiger partial charge in [0.15, 0.2) is 0 Å². The fourth-order valence-electron chi connectivity index (χ4n) is 3.49. The van der Waals surface area contributed by atoms with Crippen molar-refractivity contribution in [3.63, 3.8) is 0 Å². The summed E-state index contributed by atoms with van der Waals surface area (Å²) in [5, 5.41) is 11.5.